The Morgan fingerprint density at radius 2 is 1.66 bits per heavy atom. The molecule has 0 radical (unpaired) electrons. The van der Waals surface area contributed by atoms with Gasteiger partial charge >= 0.3 is 0 Å². The van der Waals surface area contributed by atoms with Crippen molar-refractivity contribution in [2.75, 3.05) is 10.6 Å². The average Bonchev–Trinajstić information content (AvgIpc) is 3.45. The third-order valence-corrected chi connectivity index (χ3v) is 7.18. The highest BCUT2D eigenvalue weighted by Crippen LogP contribution is 2.30. The number of anilines is 2. The molecule has 0 saturated heterocycles. The third kappa shape index (κ3) is 5.95. The zero-order valence-corrected chi connectivity index (χ0v) is 22.7. The number of rotatable bonds is 7. The summed E-state index contributed by atoms with van der Waals surface area (Å²) in [6.07, 6.45) is 3.79. The predicted octanol–water partition coefficient (Wildman–Crippen LogP) is 6.31. The standard InChI is InChI=1S/C33H26ClN5O2/c34-24-12-15-28-29(17-24)39-33(41)30(16-23-8-4-5-9-27(23)21-6-2-1-3-7-21)38-32(28)22-10-13-25(14-11-22)37-31(40)18-26-19-35-20-36-26/h1-15,17,19-20,30H,16,18H2,(H,35,36)(H,37,40)(H,39,41). The Morgan fingerprint density at radius 3 is 2.44 bits per heavy atom. The molecule has 5 aromatic rings. The van der Waals surface area contributed by atoms with Gasteiger partial charge in [-0.15, -0.1) is 0 Å². The maximum absolute atomic E-state index is 13.5. The van der Waals surface area contributed by atoms with Crippen LogP contribution in [0.3, 0.4) is 0 Å². The first-order valence-electron chi connectivity index (χ1n) is 13.2. The fourth-order valence-corrected chi connectivity index (χ4v) is 5.14. The zero-order valence-electron chi connectivity index (χ0n) is 22.0. The number of amides is 2. The summed E-state index contributed by atoms with van der Waals surface area (Å²) in [4.78, 5) is 37.9. The van der Waals surface area contributed by atoms with Gasteiger partial charge in [0.1, 0.15) is 6.04 Å². The molecule has 1 unspecified atom stereocenters. The number of benzodiazepines with no additional fused rings is 1. The monoisotopic (exact) mass is 559 g/mol. The Hall–Kier alpha value is -5.01. The van der Waals surface area contributed by atoms with Crippen molar-refractivity contribution in [3.8, 4) is 11.1 Å². The van der Waals surface area contributed by atoms with E-state index in [0.717, 1.165) is 33.5 Å². The van der Waals surface area contributed by atoms with E-state index in [1.165, 1.54) is 0 Å². The van der Waals surface area contributed by atoms with Gasteiger partial charge in [-0.3, -0.25) is 14.6 Å². The first-order valence-corrected chi connectivity index (χ1v) is 13.6. The fourth-order valence-electron chi connectivity index (χ4n) is 4.97. The van der Waals surface area contributed by atoms with Crippen LogP contribution in [0.5, 0.6) is 0 Å². The molecule has 0 bridgehead atoms. The Morgan fingerprint density at radius 1 is 0.878 bits per heavy atom. The number of benzene rings is 4. The van der Waals surface area contributed by atoms with E-state index in [0.29, 0.717) is 28.5 Å². The lowest BCUT2D eigenvalue weighted by atomic mass is 9.95. The number of aromatic nitrogens is 2. The number of imidazole rings is 1. The van der Waals surface area contributed by atoms with Crippen molar-refractivity contribution in [3.63, 3.8) is 0 Å². The van der Waals surface area contributed by atoms with Crippen LogP contribution >= 0.6 is 11.6 Å². The summed E-state index contributed by atoms with van der Waals surface area (Å²) in [5.74, 6) is -0.352. The molecule has 0 fully saturated rings. The van der Waals surface area contributed by atoms with Crippen molar-refractivity contribution in [1.82, 2.24) is 9.97 Å². The topological polar surface area (TPSA) is 99.2 Å². The van der Waals surface area contributed by atoms with Crippen LogP contribution in [0.4, 0.5) is 11.4 Å². The highest BCUT2D eigenvalue weighted by atomic mass is 35.5. The quantitative estimate of drug-likeness (QED) is 0.218. The van der Waals surface area contributed by atoms with E-state index in [-0.39, 0.29) is 18.2 Å². The number of carbonyl (C=O) groups is 2. The van der Waals surface area contributed by atoms with Crippen LogP contribution in [0.25, 0.3) is 11.1 Å². The van der Waals surface area contributed by atoms with Crippen LogP contribution in [0.1, 0.15) is 22.4 Å². The number of H-pyrrole nitrogens is 1. The molecular weight excluding hydrogens is 534 g/mol. The minimum atomic E-state index is -0.671. The smallest absolute Gasteiger partial charge is 0.249 e. The van der Waals surface area contributed by atoms with Crippen LogP contribution in [0.2, 0.25) is 5.02 Å². The van der Waals surface area contributed by atoms with Crippen LogP contribution in [0.15, 0.2) is 115 Å². The molecule has 0 saturated carbocycles. The highest BCUT2D eigenvalue weighted by Gasteiger charge is 2.27. The second-order valence-corrected chi connectivity index (χ2v) is 10.2. The summed E-state index contributed by atoms with van der Waals surface area (Å²) in [6, 6.07) is 30.4. The molecule has 1 aliphatic rings. The van der Waals surface area contributed by atoms with Gasteiger partial charge in [-0.2, -0.15) is 0 Å². The van der Waals surface area contributed by atoms with E-state index in [1.54, 1.807) is 24.7 Å². The van der Waals surface area contributed by atoms with Gasteiger partial charge < -0.3 is 15.6 Å². The minimum Gasteiger partial charge on any atom is -0.348 e. The molecule has 6 rings (SSSR count). The van der Waals surface area contributed by atoms with Gasteiger partial charge in [0, 0.05) is 40.1 Å². The Bertz CT molecular complexity index is 1730. The molecular formula is C33H26ClN5O2. The van der Waals surface area contributed by atoms with Gasteiger partial charge in [0.15, 0.2) is 0 Å². The highest BCUT2D eigenvalue weighted by molar-refractivity contribution is 6.31. The maximum atomic E-state index is 13.5. The number of hydrogen-bond acceptors (Lipinski definition) is 4. The molecule has 4 aromatic carbocycles. The van der Waals surface area contributed by atoms with Crippen LogP contribution in [0, 0.1) is 0 Å². The summed E-state index contributed by atoms with van der Waals surface area (Å²) in [6.45, 7) is 0. The summed E-state index contributed by atoms with van der Waals surface area (Å²) < 4.78 is 0. The van der Waals surface area contributed by atoms with E-state index >= 15 is 0 Å². The van der Waals surface area contributed by atoms with Crippen molar-refractivity contribution >= 4 is 40.5 Å². The second kappa shape index (κ2) is 11.6. The average molecular weight is 560 g/mol. The number of hydrogen-bond donors (Lipinski definition) is 3. The van der Waals surface area contributed by atoms with E-state index in [1.807, 2.05) is 66.7 Å². The molecule has 8 heteroatoms. The third-order valence-electron chi connectivity index (χ3n) is 6.95. The van der Waals surface area contributed by atoms with Crippen molar-refractivity contribution in [1.29, 1.82) is 0 Å². The molecule has 2 amide bonds. The maximum Gasteiger partial charge on any atom is 0.249 e. The lowest BCUT2D eigenvalue weighted by Gasteiger charge is -2.15. The molecule has 7 nitrogen and oxygen atoms in total. The lowest BCUT2D eigenvalue weighted by molar-refractivity contribution is -0.117. The largest absolute Gasteiger partial charge is 0.348 e. The number of fused-ring (bicyclic) bond motifs is 1. The molecule has 0 aliphatic carbocycles. The SMILES string of the molecule is O=C(Cc1cnc[nH]1)Nc1ccc(C2=NC(Cc3ccccc3-c3ccccc3)C(=O)Nc3cc(Cl)ccc32)cc1. The Balaban J connectivity index is 1.33. The second-order valence-electron chi connectivity index (χ2n) is 9.78. The predicted molar refractivity (Wildman–Crippen MR) is 162 cm³/mol. The van der Waals surface area contributed by atoms with Crippen LogP contribution < -0.4 is 10.6 Å². The number of aliphatic imine (C=N–C) groups is 1. The summed E-state index contributed by atoms with van der Waals surface area (Å²) in [5, 5.41) is 6.48. The molecule has 2 heterocycles. The van der Waals surface area contributed by atoms with Gasteiger partial charge in [-0.05, 0) is 47.0 Å². The van der Waals surface area contributed by atoms with Crippen molar-refractivity contribution < 1.29 is 9.59 Å². The van der Waals surface area contributed by atoms with Crippen molar-refractivity contribution in [3.05, 3.63) is 137 Å². The number of aromatic amines is 1. The molecule has 3 N–H and O–H groups in total. The molecule has 1 aliphatic heterocycles. The Kier molecular flexibility index (Phi) is 7.43. The fraction of sp³-hybridized carbons (Fsp3) is 0.0909. The number of nitrogens with zero attached hydrogens (tertiary/aromatic N) is 2. The van der Waals surface area contributed by atoms with E-state index in [2.05, 4.69) is 38.8 Å². The van der Waals surface area contributed by atoms with Crippen LogP contribution in [-0.2, 0) is 22.4 Å². The first kappa shape index (κ1) is 26.2. The van der Waals surface area contributed by atoms with Gasteiger partial charge in [0.05, 0.1) is 24.1 Å². The zero-order chi connectivity index (χ0) is 28.2. The number of carbonyl (C=O) groups excluding carboxylic acids is 2. The van der Waals surface area contributed by atoms with E-state index in [9.17, 15) is 9.59 Å². The van der Waals surface area contributed by atoms with Crippen molar-refractivity contribution in [2.24, 2.45) is 4.99 Å². The molecule has 1 aromatic heterocycles. The van der Waals surface area contributed by atoms with Crippen molar-refractivity contribution in [2.45, 2.75) is 18.9 Å². The Labute approximate surface area is 242 Å². The minimum absolute atomic E-state index is 0.152. The molecule has 1 atom stereocenters. The van der Waals surface area contributed by atoms with Gasteiger partial charge in [-0.25, -0.2) is 4.98 Å². The normalized spacial score (nSPS) is 14.4. The van der Waals surface area contributed by atoms with Gasteiger partial charge in [0.25, 0.3) is 0 Å². The molecule has 41 heavy (non-hydrogen) atoms. The number of nitrogens with one attached hydrogen (secondary N) is 3. The molecule has 202 valence electrons. The number of halogens is 1. The van der Waals surface area contributed by atoms with E-state index in [4.69, 9.17) is 16.6 Å². The summed E-state index contributed by atoms with van der Waals surface area (Å²) in [7, 11) is 0. The lowest BCUT2D eigenvalue weighted by Crippen LogP contribution is -2.27. The molecule has 0 spiro atoms. The van der Waals surface area contributed by atoms with E-state index < -0.39 is 6.04 Å². The summed E-state index contributed by atoms with van der Waals surface area (Å²) >= 11 is 6.31. The van der Waals surface area contributed by atoms with Gasteiger partial charge in [-0.1, -0.05) is 78.3 Å². The van der Waals surface area contributed by atoms with Gasteiger partial charge in [0.2, 0.25) is 11.8 Å². The van der Waals surface area contributed by atoms with Crippen LogP contribution in [-0.4, -0.2) is 33.5 Å². The summed E-state index contributed by atoms with van der Waals surface area (Å²) in [5.41, 5.74) is 7.45. The first-order chi connectivity index (χ1) is 20.0.